The topological polar surface area (TPSA) is 64.0 Å². The molecule has 1 aromatic heterocycles. The maximum atomic E-state index is 12.6. The van der Waals surface area contributed by atoms with Gasteiger partial charge in [-0.05, 0) is 42.7 Å². The van der Waals surface area contributed by atoms with Gasteiger partial charge >= 0.3 is 0 Å². The molecule has 0 radical (unpaired) electrons. The molecule has 0 unspecified atom stereocenters. The van der Waals surface area contributed by atoms with Crippen molar-refractivity contribution in [3.05, 3.63) is 60.4 Å². The highest BCUT2D eigenvalue weighted by Gasteiger charge is 2.21. The molecule has 1 aliphatic carbocycles. The summed E-state index contributed by atoms with van der Waals surface area (Å²) in [7, 11) is -3.44. The molecule has 0 amide bonds. The van der Waals surface area contributed by atoms with Gasteiger partial charge < -0.3 is 4.57 Å². The van der Waals surface area contributed by atoms with Gasteiger partial charge in [-0.25, -0.2) is 18.1 Å². The Morgan fingerprint density at radius 3 is 2.50 bits per heavy atom. The van der Waals surface area contributed by atoms with E-state index in [9.17, 15) is 8.42 Å². The zero-order valence-corrected chi connectivity index (χ0v) is 15.5. The van der Waals surface area contributed by atoms with E-state index in [0.29, 0.717) is 11.4 Å². The summed E-state index contributed by atoms with van der Waals surface area (Å²) in [5, 5.41) is 0. The monoisotopic (exact) mass is 369 g/mol. The molecule has 0 atom stereocenters. The summed E-state index contributed by atoms with van der Waals surface area (Å²) in [5.41, 5.74) is 3.08. The second kappa shape index (κ2) is 7.21. The highest BCUT2D eigenvalue weighted by molar-refractivity contribution is 7.89. The third-order valence-corrected chi connectivity index (χ3v) is 6.58. The first-order chi connectivity index (χ1) is 12.6. The molecule has 3 aromatic rings. The number of nitrogens with one attached hydrogen (secondary N) is 1. The van der Waals surface area contributed by atoms with Gasteiger partial charge in [-0.2, -0.15) is 0 Å². The maximum absolute atomic E-state index is 12.6. The zero-order valence-electron chi connectivity index (χ0n) is 14.6. The van der Waals surface area contributed by atoms with E-state index >= 15 is 0 Å². The van der Waals surface area contributed by atoms with Gasteiger partial charge in [0, 0.05) is 12.6 Å². The van der Waals surface area contributed by atoms with E-state index in [4.69, 9.17) is 0 Å². The predicted octanol–water partition coefficient (Wildman–Crippen LogP) is 3.70. The van der Waals surface area contributed by atoms with Crippen molar-refractivity contribution < 1.29 is 8.42 Å². The van der Waals surface area contributed by atoms with E-state index in [-0.39, 0.29) is 6.04 Å². The van der Waals surface area contributed by atoms with E-state index in [2.05, 4.69) is 14.3 Å². The first-order valence-corrected chi connectivity index (χ1v) is 10.6. The molecule has 0 saturated heterocycles. The lowest BCUT2D eigenvalue weighted by atomic mass is 9.96. The molecular formula is C20H23N3O2S. The fourth-order valence-corrected chi connectivity index (χ4v) is 4.92. The van der Waals surface area contributed by atoms with Crippen LogP contribution in [0, 0.1) is 0 Å². The third-order valence-electron chi connectivity index (χ3n) is 5.04. The molecule has 1 aliphatic rings. The summed E-state index contributed by atoms with van der Waals surface area (Å²) in [6.45, 7) is 0.664. The summed E-state index contributed by atoms with van der Waals surface area (Å²) < 4.78 is 30.1. The van der Waals surface area contributed by atoms with Gasteiger partial charge in [0.1, 0.15) is 0 Å². The molecule has 4 rings (SSSR count). The average molecular weight is 369 g/mol. The number of fused-ring (bicyclic) bond motifs is 1. The Bertz CT molecular complexity index is 987. The second-order valence-electron chi connectivity index (χ2n) is 6.96. The van der Waals surface area contributed by atoms with Gasteiger partial charge in [-0.1, -0.05) is 43.5 Å². The van der Waals surface area contributed by atoms with Crippen molar-refractivity contribution in [2.75, 3.05) is 0 Å². The number of nitrogens with zero attached hydrogens (tertiary/aromatic N) is 2. The van der Waals surface area contributed by atoms with Crippen molar-refractivity contribution in [2.24, 2.45) is 0 Å². The molecule has 0 spiro atoms. The lowest BCUT2D eigenvalue weighted by Crippen LogP contribution is -2.36. The van der Waals surface area contributed by atoms with Crippen LogP contribution in [0.4, 0.5) is 0 Å². The molecule has 26 heavy (non-hydrogen) atoms. The quantitative estimate of drug-likeness (QED) is 0.746. The lowest BCUT2D eigenvalue weighted by molar-refractivity contribution is 0.412. The molecule has 1 N–H and O–H groups in total. The van der Waals surface area contributed by atoms with Crippen LogP contribution in [0.5, 0.6) is 0 Å². The van der Waals surface area contributed by atoms with Gasteiger partial charge in [0.15, 0.2) is 0 Å². The molecule has 5 nitrogen and oxygen atoms in total. The number of rotatable bonds is 5. The molecule has 1 saturated carbocycles. The first kappa shape index (κ1) is 17.2. The molecule has 1 fully saturated rings. The Labute approximate surface area is 154 Å². The van der Waals surface area contributed by atoms with E-state index in [1.165, 1.54) is 6.42 Å². The number of para-hydroxylation sites is 2. The minimum atomic E-state index is -3.44. The molecule has 0 bridgehead atoms. The average Bonchev–Trinajstić information content (AvgIpc) is 3.06. The largest absolute Gasteiger partial charge is 0.326 e. The van der Waals surface area contributed by atoms with Crippen molar-refractivity contribution in [1.29, 1.82) is 0 Å². The van der Waals surface area contributed by atoms with Gasteiger partial charge in [-0.15, -0.1) is 0 Å². The van der Waals surface area contributed by atoms with Crippen LogP contribution in [0.3, 0.4) is 0 Å². The minimum absolute atomic E-state index is 0.0748. The van der Waals surface area contributed by atoms with Crippen LogP contribution in [0.2, 0.25) is 0 Å². The van der Waals surface area contributed by atoms with E-state index in [0.717, 1.165) is 42.3 Å². The van der Waals surface area contributed by atoms with Crippen LogP contribution in [0.25, 0.3) is 11.0 Å². The Morgan fingerprint density at radius 2 is 1.73 bits per heavy atom. The van der Waals surface area contributed by atoms with Gasteiger partial charge in [0.25, 0.3) is 0 Å². The highest BCUT2D eigenvalue weighted by Crippen LogP contribution is 2.21. The minimum Gasteiger partial charge on any atom is -0.326 e. The number of hydrogen-bond donors (Lipinski definition) is 1. The Balaban J connectivity index is 1.49. The Hall–Kier alpha value is -2.18. The van der Waals surface area contributed by atoms with Gasteiger partial charge in [0.2, 0.25) is 10.0 Å². The molecule has 0 aliphatic heterocycles. The molecule has 1 heterocycles. The summed E-state index contributed by atoms with van der Waals surface area (Å²) in [4.78, 5) is 4.73. The van der Waals surface area contributed by atoms with E-state index < -0.39 is 10.0 Å². The number of aromatic nitrogens is 2. The Morgan fingerprint density at radius 1 is 1.00 bits per heavy atom. The molecular weight excluding hydrogens is 346 g/mol. The number of benzene rings is 2. The van der Waals surface area contributed by atoms with Crippen LogP contribution in [-0.4, -0.2) is 24.0 Å². The number of imidazole rings is 1. The highest BCUT2D eigenvalue weighted by atomic mass is 32.2. The maximum Gasteiger partial charge on any atom is 0.240 e. The fraction of sp³-hybridized carbons (Fsp3) is 0.350. The van der Waals surface area contributed by atoms with Gasteiger partial charge in [-0.3, -0.25) is 0 Å². The number of sulfonamides is 1. The van der Waals surface area contributed by atoms with E-state index in [1.54, 1.807) is 12.1 Å². The van der Waals surface area contributed by atoms with Crippen LogP contribution in [0.15, 0.2) is 59.8 Å². The van der Waals surface area contributed by atoms with Crippen molar-refractivity contribution in [3.63, 3.8) is 0 Å². The summed E-state index contributed by atoms with van der Waals surface area (Å²) in [5.74, 6) is 0. The van der Waals surface area contributed by atoms with Crippen LogP contribution < -0.4 is 4.72 Å². The first-order valence-electron chi connectivity index (χ1n) is 9.13. The summed E-state index contributed by atoms with van der Waals surface area (Å²) >= 11 is 0. The summed E-state index contributed by atoms with van der Waals surface area (Å²) in [6.07, 6.45) is 7.10. The normalized spacial score (nSPS) is 16.2. The number of hydrogen-bond acceptors (Lipinski definition) is 3. The van der Waals surface area contributed by atoms with Gasteiger partial charge in [0.05, 0.1) is 22.3 Å². The Kier molecular flexibility index (Phi) is 4.78. The van der Waals surface area contributed by atoms with Crippen LogP contribution in [0.1, 0.15) is 37.7 Å². The predicted molar refractivity (Wildman–Crippen MR) is 102 cm³/mol. The standard InChI is InChI=1S/C20H23N3O2S/c24-26(25,22-17-6-2-1-3-7-17)18-12-10-16(11-13-18)14-23-15-21-19-8-4-5-9-20(19)23/h4-5,8-13,15,17,22H,1-3,6-7,14H2. The van der Waals surface area contributed by atoms with Crippen molar-refractivity contribution >= 4 is 21.1 Å². The third kappa shape index (κ3) is 3.66. The van der Waals surface area contributed by atoms with E-state index in [1.807, 2.05) is 42.7 Å². The SMILES string of the molecule is O=S(=O)(NC1CCCCC1)c1ccc(Cn2cnc3ccccc32)cc1. The molecule has 2 aromatic carbocycles. The van der Waals surface area contributed by atoms with Crippen molar-refractivity contribution in [3.8, 4) is 0 Å². The summed E-state index contributed by atoms with van der Waals surface area (Å²) in [6, 6.07) is 15.2. The molecule has 136 valence electrons. The van der Waals surface area contributed by atoms with Crippen LogP contribution in [-0.2, 0) is 16.6 Å². The fourth-order valence-electron chi connectivity index (χ4n) is 3.61. The smallest absolute Gasteiger partial charge is 0.240 e. The second-order valence-corrected chi connectivity index (χ2v) is 8.68. The molecule has 6 heteroatoms. The van der Waals surface area contributed by atoms with Crippen molar-refractivity contribution in [2.45, 2.75) is 49.6 Å². The zero-order chi connectivity index (χ0) is 18.0. The van der Waals surface area contributed by atoms with Crippen molar-refractivity contribution in [1.82, 2.24) is 14.3 Å². The lowest BCUT2D eigenvalue weighted by Gasteiger charge is -2.22. The van der Waals surface area contributed by atoms with Crippen LogP contribution >= 0.6 is 0 Å².